The Kier molecular flexibility index (Phi) is 4.90. The van der Waals surface area contributed by atoms with Crippen LogP contribution in [-0.4, -0.2) is 10.1 Å². The number of aromatic amines is 1. The Morgan fingerprint density at radius 1 is 0.783 bits per heavy atom. The fraction of sp³-hybridized carbons (Fsp3) is 0.0588. The Hall–Kier alpha value is -1.16. The third-order valence-electron chi connectivity index (χ3n) is 3.55. The van der Waals surface area contributed by atoms with E-state index in [9.17, 15) is 5.11 Å². The monoisotopic (exact) mass is 385 g/mol. The highest BCUT2D eigenvalue weighted by Crippen LogP contribution is 2.37. The normalized spacial score (nSPS) is 12.4. The third kappa shape index (κ3) is 3.37. The summed E-state index contributed by atoms with van der Waals surface area (Å²) in [7, 11) is 0. The number of hydrogen-bond acceptors (Lipinski definition) is 1. The fourth-order valence-electron chi connectivity index (χ4n) is 2.41. The van der Waals surface area contributed by atoms with Crippen molar-refractivity contribution in [3.8, 4) is 11.1 Å². The van der Waals surface area contributed by atoms with Crippen molar-refractivity contribution in [1.82, 2.24) is 4.98 Å². The molecule has 0 saturated heterocycles. The highest BCUT2D eigenvalue weighted by atomic mass is 35.5. The van der Waals surface area contributed by atoms with Gasteiger partial charge in [0.15, 0.2) is 0 Å². The molecule has 0 radical (unpaired) electrons. The van der Waals surface area contributed by atoms with Gasteiger partial charge in [-0.1, -0.05) is 58.5 Å². The van der Waals surface area contributed by atoms with E-state index in [1.807, 2.05) is 6.07 Å². The Morgan fingerprint density at radius 3 is 2.26 bits per heavy atom. The summed E-state index contributed by atoms with van der Waals surface area (Å²) in [6, 6.07) is 10.3. The van der Waals surface area contributed by atoms with Crippen molar-refractivity contribution in [2.45, 2.75) is 6.10 Å². The van der Waals surface area contributed by atoms with Gasteiger partial charge >= 0.3 is 0 Å². The molecule has 3 aromatic rings. The maximum Gasteiger partial charge on any atom is 0.106 e. The first-order chi connectivity index (χ1) is 11.0. The van der Waals surface area contributed by atoms with E-state index in [1.165, 1.54) is 0 Å². The molecule has 0 amide bonds. The molecule has 0 bridgehead atoms. The number of H-pyrrole nitrogens is 1. The van der Waals surface area contributed by atoms with Gasteiger partial charge in [0, 0.05) is 39.1 Å². The quantitative estimate of drug-likeness (QED) is 0.538. The predicted octanol–water partition coefficient (Wildman–Crippen LogP) is 6.38. The molecule has 0 saturated carbocycles. The first-order valence-corrected chi connectivity index (χ1v) is 8.23. The summed E-state index contributed by atoms with van der Waals surface area (Å²) in [5, 5.41) is 12.6. The lowest BCUT2D eigenvalue weighted by molar-refractivity contribution is 0.221. The lowest BCUT2D eigenvalue weighted by atomic mass is 9.97. The molecule has 1 atom stereocenters. The minimum Gasteiger partial charge on any atom is -0.384 e. The Bertz CT molecular complexity index is 860. The van der Waals surface area contributed by atoms with Gasteiger partial charge < -0.3 is 10.1 Å². The summed E-state index contributed by atoms with van der Waals surface area (Å²) in [4.78, 5) is 3.00. The van der Waals surface area contributed by atoms with Crippen LogP contribution in [0.2, 0.25) is 20.1 Å². The molecule has 2 N–H and O–H groups in total. The molecule has 1 aromatic heterocycles. The van der Waals surface area contributed by atoms with Crippen molar-refractivity contribution in [3.05, 3.63) is 80.0 Å². The number of aliphatic hydroxyl groups excluding tert-OH is 1. The summed E-state index contributed by atoms with van der Waals surface area (Å²) >= 11 is 24.2. The van der Waals surface area contributed by atoms with E-state index in [0.717, 1.165) is 11.1 Å². The molecule has 118 valence electrons. The van der Waals surface area contributed by atoms with Crippen LogP contribution in [-0.2, 0) is 0 Å². The van der Waals surface area contributed by atoms with Crippen LogP contribution in [0.3, 0.4) is 0 Å². The zero-order valence-corrected chi connectivity index (χ0v) is 14.7. The van der Waals surface area contributed by atoms with Crippen LogP contribution in [0, 0.1) is 0 Å². The molecule has 6 heteroatoms. The second-order valence-corrected chi connectivity index (χ2v) is 6.68. The van der Waals surface area contributed by atoms with Gasteiger partial charge in [-0.25, -0.2) is 0 Å². The van der Waals surface area contributed by atoms with Crippen molar-refractivity contribution < 1.29 is 5.11 Å². The molecular weight excluding hydrogens is 376 g/mol. The van der Waals surface area contributed by atoms with Crippen molar-refractivity contribution in [1.29, 1.82) is 0 Å². The predicted molar refractivity (Wildman–Crippen MR) is 96.8 cm³/mol. The van der Waals surface area contributed by atoms with E-state index < -0.39 is 6.10 Å². The molecule has 1 heterocycles. The molecule has 3 rings (SSSR count). The number of aliphatic hydroxyl groups is 1. The average Bonchev–Trinajstić information content (AvgIpc) is 2.98. The highest BCUT2D eigenvalue weighted by Gasteiger charge is 2.19. The smallest absolute Gasteiger partial charge is 0.106 e. The minimum absolute atomic E-state index is 0.393. The van der Waals surface area contributed by atoms with Gasteiger partial charge in [-0.3, -0.25) is 0 Å². The van der Waals surface area contributed by atoms with Crippen LogP contribution >= 0.6 is 46.4 Å². The van der Waals surface area contributed by atoms with Gasteiger partial charge in [0.2, 0.25) is 0 Å². The summed E-state index contributed by atoms with van der Waals surface area (Å²) in [6.45, 7) is 0. The van der Waals surface area contributed by atoms with Crippen molar-refractivity contribution in [2.24, 2.45) is 0 Å². The molecular formula is C17H11Cl4NO. The summed E-state index contributed by atoms with van der Waals surface area (Å²) in [6.07, 6.45) is 2.65. The summed E-state index contributed by atoms with van der Waals surface area (Å²) in [5.41, 5.74) is 2.91. The molecule has 0 aliphatic heterocycles. The number of hydrogen-bond donors (Lipinski definition) is 2. The molecule has 0 fully saturated rings. The van der Waals surface area contributed by atoms with E-state index >= 15 is 0 Å². The van der Waals surface area contributed by atoms with E-state index in [4.69, 9.17) is 46.4 Å². The lowest BCUT2D eigenvalue weighted by Gasteiger charge is -2.14. The minimum atomic E-state index is -0.863. The highest BCUT2D eigenvalue weighted by molar-refractivity contribution is 6.42. The van der Waals surface area contributed by atoms with Crippen LogP contribution < -0.4 is 0 Å². The average molecular weight is 387 g/mol. The third-order valence-corrected chi connectivity index (χ3v) is 4.84. The first kappa shape index (κ1) is 16.7. The van der Waals surface area contributed by atoms with Crippen LogP contribution in [0.25, 0.3) is 11.1 Å². The Labute approximate surface area is 153 Å². The first-order valence-electron chi connectivity index (χ1n) is 6.72. The largest absolute Gasteiger partial charge is 0.384 e. The van der Waals surface area contributed by atoms with Crippen molar-refractivity contribution in [2.75, 3.05) is 0 Å². The van der Waals surface area contributed by atoms with E-state index in [1.54, 1.807) is 42.7 Å². The van der Waals surface area contributed by atoms with E-state index in [-0.39, 0.29) is 0 Å². The van der Waals surface area contributed by atoms with Gasteiger partial charge in [0.25, 0.3) is 0 Å². The van der Waals surface area contributed by atoms with Gasteiger partial charge in [-0.2, -0.15) is 0 Å². The van der Waals surface area contributed by atoms with Crippen LogP contribution in [0.4, 0.5) is 0 Å². The van der Waals surface area contributed by atoms with Crippen LogP contribution in [0.1, 0.15) is 17.2 Å². The SMILES string of the molecule is O[C@@H](c1ccc(Cl)c(Cl)c1)c1c[nH]cc1-c1ccc(Cl)cc1Cl. The number of nitrogens with one attached hydrogen (secondary N) is 1. The second-order valence-electron chi connectivity index (χ2n) is 5.02. The zero-order valence-electron chi connectivity index (χ0n) is 11.7. The number of halogens is 4. The van der Waals surface area contributed by atoms with Gasteiger partial charge in [0.05, 0.1) is 10.0 Å². The van der Waals surface area contributed by atoms with E-state index in [0.29, 0.717) is 31.2 Å². The van der Waals surface area contributed by atoms with Crippen molar-refractivity contribution >= 4 is 46.4 Å². The Morgan fingerprint density at radius 2 is 1.57 bits per heavy atom. The van der Waals surface area contributed by atoms with Crippen molar-refractivity contribution in [3.63, 3.8) is 0 Å². The maximum atomic E-state index is 10.7. The second kappa shape index (κ2) is 6.76. The topological polar surface area (TPSA) is 36.0 Å². The molecule has 0 aliphatic rings. The van der Waals surface area contributed by atoms with Crippen LogP contribution in [0.5, 0.6) is 0 Å². The molecule has 23 heavy (non-hydrogen) atoms. The molecule has 2 nitrogen and oxygen atoms in total. The number of aromatic nitrogens is 1. The van der Waals surface area contributed by atoms with Gasteiger partial charge in [0.1, 0.15) is 6.10 Å². The molecule has 0 unspecified atom stereocenters. The van der Waals surface area contributed by atoms with Crippen LogP contribution in [0.15, 0.2) is 48.8 Å². The zero-order chi connectivity index (χ0) is 16.6. The number of benzene rings is 2. The summed E-state index contributed by atoms with van der Waals surface area (Å²) < 4.78 is 0. The summed E-state index contributed by atoms with van der Waals surface area (Å²) in [5.74, 6) is 0. The Balaban J connectivity index is 2.04. The molecule has 2 aromatic carbocycles. The molecule has 0 aliphatic carbocycles. The van der Waals surface area contributed by atoms with E-state index in [2.05, 4.69) is 4.98 Å². The fourth-order valence-corrected chi connectivity index (χ4v) is 3.22. The lowest BCUT2D eigenvalue weighted by Crippen LogP contribution is -2.00. The number of rotatable bonds is 3. The van der Waals surface area contributed by atoms with Gasteiger partial charge in [-0.15, -0.1) is 0 Å². The maximum absolute atomic E-state index is 10.7. The molecule has 0 spiro atoms. The standard InChI is InChI=1S/C17H11Cl4NO/c18-10-2-3-11(15(20)6-10)12-7-22-8-13(12)17(23)9-1-4-14(19)16(21)5-9/h1-8,17,22-23H/t17-/m0/s1. The van der Waals surface area contributed by atoms with Gasteiger partial charge in [-0.05, 0) is 29.8 Å².